The molecule has 2 aromatic rings. The number of hydrogen-bond acceptors (Lipinski definition) is 3. The maximum absolute atomic E-state index is 12.8. The number of nitrogens with zero attached hydrogens (tertiary/aromatic N) is 2. The number of thiocarbonyl (C=S) groups is 1. The molecule has 94 valence electrons. The fraction of sp³-hybridized carbons (Fsp3) is 0.167. The van der Waals surface area contributed by atoms with Gasteiger partial charge in [-0.3, -0.25) is 0 Å². The van der Waals surface area contributed by atoms with Gasteiger partial charge in [-0.2, -0.15) is 5.10 Å². The van der Waals surface area contributed by atoms with Gasteiger partial charge < -0.3 is 10.5 Å². The van der Waals surface area contributed by atoms with Crippen molar-refractivity contribution in [3.05, 3.63) is 41.3 Å². The first-order chi connectivity index (χ1) is 8.49. The molecular weight excluding hydrogens is 253 g/mol. The lowest BCUT2D eigenvalue weighted by atomic mass is 10.2. The van der Waals surface area contributed by atoms with Gasteiger partial charge in [0.2, 0.25) is 5.88 Å². The van der Waals surface area contributed by atoms with Crippen LogP contribution in [0.15, 0.2) is 24.3 Å². The Kier molecular flexibility index (Phi) is 3.29. The zero-order chi connectivity index (χ0) is 13.3. The standard InChI is InChI=1S/C12H12FN3OS/c1-7-10(11(14)18)12(16(2)15-7)17-9-5-3-8(13)4-6-9/h3-6H,1-2H3,(H2,14,18). The predicted molar refractivity (Wildman–Crippen MR) is 70.3 cm³/mol. The third-order valence-corrected chi connectivity index (χ3v) is 2.65. The number of halogens is 1. The van der Waals surface area contributed by atoms with E-state index in [9.17, 15) is 4.39 Å². The summed E-state index contributed by atoms with van der Waals surface area (Å²) in [6, 6.07) is 5.69. The van der Waals surface area contributed by atoms with E-state index >= 15 is 0 Å². The second kappa shape index (κ2) is 4.73. The summed E-state index contributed by atoms with van der Waals surface area (Å²) in [7, 11) is 1.73. The second-order valence-corrected chi connectivity index (χ2v) is 4.25. The van der Waals surface area contributed by atoms with Gasteiger partial charge in [-0.25, -0.2) is 9.07 Å². The van der Waals surface area contributed by atoms with Gasteiger partial charge in [0.1, 0.15) is 16.6 Å². The van der Waals surface area contributed by atoms with E-state index in [0.717, 1.165) is 0 Å². The molecule has 0 atom stereocenters. The lowest BCUT2D eigenvalue weighted by molar-refractivity contribution is 0.429. The minimum atomic E-state index is -0.321. The smallest absolute Gasteiger partial charge is 0.228 e. The number of aryl methyl sites for hydroxylation is 2. The number of benzene rings is 1. The van der Waals surface area contributed by atoms with Crippen molar-refractivity contribution in [3.8, 4) is 11.6 Å². The largest absolute Gasteiger partial charge is 0.439 e. The van der Waals surface area contributed by atoms with Gasteiger partial charge in [-0.1, -0.05) is 12.2 Å². The van der Waals surface area contributed by atoms with E-state index in [2.05, 4.69) is 5.10 Å². The van der Waals surface area contributed by atoms with Crippen molar-refractivity contribution < 1.29 is 9.13 Å². The van der Waals surface area contributed by atoms with Gasteiger partial charge in [0, 0.05) is 7.05 Å². The van der Waals surface area contributed by atoms with E-state index in [-0.39, 0.29) is 10.8 Å². The molecule has 2 N–H and O–H groups in total. The van der Waals surface area contributed by atoms with Crippen molar-refractivity contribution >= 4 is 17.2 Å². The highest BCUT2D eigenvalue weighted by Gasteiger charge is 2.17. The maximum atomic E-state index is 12.8. The monoisotopic (exact) mass is 265 g/mol. The van der Waals surface area contributed by atoms with Crippen molar-refractivity contribution in [2.45, 2.75) is 6.92 Å². The van der Waals surface area contributed by atoms with Crippen LogP contribution in [0.5, 0.6) is 11.6 Å². The quantitative estimate of drug-likeness (QED) is 0.865. The van der Waals surface area contributed by atoms with Gasteiger partial charge in [0.25, 0.3) is 0 Å². The van der Waals surface area contributed by atoms with Crippen molar-refractivity contribution in [1.29, 1.82) is 0 Å². The van der Waals surface area contributed by atoms with Crippen LogP contribution in [0.4, 0.5) is 4.39 Å². The Hall–Kier alpha value is -1.95. The summed E-state index contributed by atoms with van der Waals surface area (Å²) in [5.41, 5.74) is 6.94. The first kappa shape index (κ1) is 12.5. The molecule has 0 aliphatic rings. The molecule has 1 aromatic heterocycles. The van der Waals surface area contributed by atoms with Gasteiger partial charge in [0.15, 0.2) is 0 Å². The molecule has 0 saturated heterocycles. The molecule has 0 unspecified atom stereocenters. The van der Waals surface area contributed by atoms with Crippen molar-refractivity contribution in [2.75, 3.05) is 0 Å². The Morgan fingerprint density at radius 1 is 1.39 bits per heavy atom. The zero-order valence-corrected chi connectivity index (χ0v) is 10.8. The van der Waals surface area contributed by atoms with E-state index in [1.165, 1.54) is 24.3 Å². The van der Waals surface area contributed by atoms with Crippen LogP contribution >= 0.6 is 12.2 Å². The molecule has 1 aromatic carbocycles. The summed E-state index contributed by atoms with van der Waals surface area (Å²) < 4.78 is 20.0. The molecule has 1 heterocycles. The van der Waals surface area contributed by atoms with Gasteiger partial charge in [-0.05, 0) is 31.2 Å². The number of ether oxygens (including phenoxy) is 1. The van der Waals surface area contributed by atoms with E-state index in [4.69, 9.17) is 22.7 Å². The minimum absolute atomic E-state index is 0.220. The van der Waals surface area contributed by atoms with E-state index in [0.29, 0.717) is 22.9 Å². The highest BCUT2D eigenvalue weighted by Crippen LogP contribution is 2.27. The molecule has 0 fully saturated rings. The Balaban J connectivity index is 2.39. The fourth-order valence-corrected chi connectivity index (χ4v) is 1.89. The topological polar surface area (TPSA) is 53.1 Å². The zero-order valence-electron chi connectivity index (χ0n) is 9.98. The molecule has 0 aliphatic carbocycles. The Bertz CT molecular complexity index is 592. The molecule has 18 heavy (non-hydrogen) atoms. The average Bonchev–Trinajstić information content (AvgIpc) is 2.57. The minimum Gasteiger partial charge on any atom is -0.439 e. The fourth-order valence-electron chi connectivity index (χ4n) is 1.65. The molecular formula is C12H12FN3OS. The highest BCUT2D eigenvalue weighted by molar-refractivity contribution is 7.80. The van der Waals surface area contributed by atoms with E-state index in [1.807, 2.05) is 0 Å². The Morgan fingerprint density at radius 3 is 2.56 bits per heavy atom. The van der Waals surface area contributed by atoms with Crippen molar-refractivity contribution in [2.24, 2.45) is 12.8 Å². The maximum Gasteiger partial charge on any atom is 0.228 e. The molecule has 2 rings (SSSR count). The molecule has 0 bridgehead atoms. The Labute approximate surface area is 109 Å². The lowest BCUT2D eigenvalue weighted by Gasteiger charge is -2.07. The number of hydrogen-bond donors (Lipinski definition) is 1. The normalized spacial score (nSPS) is 10.4. The summed E-state index contributed by atoms with van der Waals surface area (Å²) in [6.07, 6.45) is 0. The number of aromatic nitrogens is 2. The van der Waals surface area contributed by atoms with Crippen molar-refractivity contribution in [3.63, 3.8) is 0 Å². The van der Waals surface area contributed by atoms with Crippen LogP contribution in [0.3, 0.4) is 0 Å². The van der Waals surface area contributed by atoms with Gasteiger partial charge >= 0.3 is 0 Å². The first-order valence-corrected chi connectivity index (χ1v) is 5.66. The van der Waals surface area contributed by atoms with E-state index < -0.39 is 0 Å². The summed E-state index contributed by atoms with van der Waals surface area (Å²) in [4.78, 5) is 0.220. The summed E-state index contributed by atoms with van der Waals surface area (Å²) in [5, 5.41) is 4.20. The first-order valence-electron chi connectivity index (χ1n) is 5.26. The third kappa shape index (κ3) is 2.33. The summed E-state index contributed by atoms with van der Waals surface area (Å²) >= 11 is 4.97. The molecule has 0 aliphatic heterocycles. The lowest BCUT2D eigenvalue weighted by Crippen LogP contribution is -2.11. The van der Waals surface area contributed by atoms with Crippen LogP contribution in [-0.2, 0) is 7.05 Å². The number of rotatable bonds is 3. The molecule has 0 radical (unpaired) electrons. The van der Waals surface area contributed by atoms with Crippen LogP contribution in [-0.4, -0.2) is 14.8 Å². The van der Waals surface area contributed by atoms with Crippen LogP contribution in [0.2, 0.25) is 0 Å². The third-order valence-electron chi connectivity index (χ3n) is 2.44. The second-order valence-electron chi connectivity index (χ2n) is 3.81. The molecule has 6 heteroatoms. The van der Waals surface area contributed by atoms with Gasteiger partial charge in [0.05, 0.1) is 11.3 Å². The molecule has 0 saturated carbocycles. The SMILES string of the molecule is Cc1nn(C)c(Oc2ccc(F)cc2)c1C(N)=S. The average molecular weight is 265 g/mol. The van der Waals surface area contributed by atoms with E-state index in [1.54, 1.807) is 18.7 Å². The van der Waals surface area contributed by atoms with Crippen LogP contribution in [0, 0.1) is 12.7 Å². The Morgan fingerprint density at radius 2 is 2.00 bits per heavy atom. The summed E-state index contributed by atoms with van der Waals surface area (Å²) in [6.45, 7) is 1.80. The predicted octanol–water partition coefficient (Wildman–Crippen LogP) is 2.29. The molecule has 4 nitrogen and oxygen atoms in total. The summed E-state index contributed by atoms with van der Waals surface area (Å²) in [5.74, 6) is 0.626. The van der Waals surface area contributed by atoms with Crippen molar-refractivity contribution in [1.82, 2.24) is 9.78 Å². The number of nitrogens with two attached hydrogens (primary N) is 1. The van der Waals surface area contributed by atoms with Crippen LogP contribution in [0.1, 0.15) is 11.3 Å². The highest BCUT2D eigenvalue weighted by atomic mass is 32.1. The molecule has 0 amide bonds. The van der Waals surface area contributed by atoms with Gasteiger partial charge in [-0.15, -0.1) is 0 Å². The van der Waals surface area contributed by atoms with Crippen LogP contribution < -0.4 is 10.5 Å². The molecule has 0 spiro atoms. The van der Waals surface area contributed by atoms with Crippen LogP contribution in [0.25, 0.3) is 0 Å².